The van der Waals surface area contributed by atoms with Gasteiger partial charge in [0.1, 0.15) is 0 Å². The molecule has 72 valence electrons. The zero-order chi connectivity index (χ0) is 9.84. The monoisotopic (exact) mass is 199 g/mol. The summed E-state index contributed by atoms with van der Waals surface area (Å²) in [5, 5.41) is 0.462. The van der Waals surface area contributed by atoms with Crippen LogP contribution >= 0.6 is 11.3 Å². The first-order valence-electron chi connectivity index (χ1n) is 4.26. The van der Waals surface area contributed by atoms with Crippen LogP contribution in [-0.2, 0) is 4.74 Å². The third kappa shape index (κ3) is 2.52. The molecule has 0 N–H and O–H groups in total. The Balaban J connectivity index is 2.66. The lowest BCUT2D eigenvalue weighted by atomic mass is 10.4. The second-order valence-corrected chi connectivity index (χ2v) is 4.00. The van der Waals surface area contributed by atoms with Crippen molar-refractivity contribution in [1.29, 1.82) is 0 Å². The van der Waals surface area contributed by atoms with Crippen LogP contribution in [0.3, 0.4) is 0 Å². The third-order valence-corrected chi connectivity index (χ3v) is 2.69. The number of rotatable bonds is 3. The number of esters is 1. The highest BCUT2D eigenvalue weighted by Gasteiger charge is 2.12. The van der Waals surface area contributed by atoms with E-state index in [1.54, 1.807) is 0 Å². The van der Waals surface area contributed by atoms with Crippen molar-refractivity contribution < 1.29 is 9.53 Å². The van der Waals surface area contributed by atoms with Crippen molar-refractivity contribution >= 4 is 17.3 Å². The molecule has 0 aliphatic heterocycles. The molecule has 3 nitrogen and oxygen atoms in total. The van der Waals surface area contributed by atoms with E-state index in [0.29, 0.717) is 11.6 Å². The van der Waals surface area contributed by atoms with Gasteiger partial charge in [0.05, 0.1) is 12.3 Å². The predicted molar refractivity (Wildman–Crippen MR) is 52.2 cm³/mol. The molecule has 0 aromatic carbocycles. The van der Waals surface area contributed by atoms with Gasteiger partial charge in [0, 0.05) is 4.88 Å². The van der Waals surface area contributed by atoms with Crippen LogP contribution in [0.15, 0.2) is 0 Å². The number of hydrogen-bond donors (Lipinski definition) is 0. The molecule has 0 bridgehead atoms. The summed E-state index contributed by atoms with van der Waals surface area (Å²) in [4.78, 5) is 16.5. The quantitative estimate of drug-likeness (QED) is 0.701. The van der Waals surface area contributed by atoms with Gasteiger partial charge in [-0.05, 0) is 20.3 Å². The Kier molecular flexibility index (Phi) is 3.42. The number of ether oxygens (including phenoxy) is 1. The molecule has 4 heteroatoms. The van der Waals surface area contributed by atoms with Gasteiger partial charge in [0.15, 0.2) is 0 Å². The van der Waals surface area contributed by atoms with Crippen molar-refractivity contribution in [2.24, 2.45) is 0 Å². The number of carbonyl (C=O) groups excluding carboxylic acids is 1. The Morgan fingerprint density at radius 1 is 1.54 bits per heavy atom. The standard InChI is InChI=1S/C9H13NO2S/c1-4-5-12-9(11)8-10-6(2)7(3)13-8/h4-5H2,1-3H3. The normalized spacial score (nSPS) is 10.1. The number of carbonyl (C=O) groups is 1. The molecule has 0 fully saturated rings. The number of nitrogens with zero attached hydrogens (tertiary/aromatic N) is 1. The smallest absolute Gasteiger partial charge is 0.367 e. The van der Waals surface area contributed by atoms with Crippen LogP contribution in [0.1, 0.15) is 33.7 Å². The van der Waals surface area contributed by atoms with Gasteiger partial charge in [0.25, 0.3) is 0 Å². The van der Waals surface area contributed by atoms with Crippen LogP contribution in [-0.4, -0.2) is 17.6 Å². The molecule has 0 radical (unpaired) electrons. The fraction of sp³-hybridized carbons (Fsp3) is 0.556. The zero-order valence-electron chi connectivity index (χ0n) is 8.09. The maximum Gasteiger partial charge on any atom is 0.367 e. The van der Waals surface area contributed by atoms with Crippen molar-refractivity contribution in [3.63, 3.8) is 0 Å². The van der Waals surface area contributed by atoms with Crippen LogP contribution in [0.25, 0.3) is 0 Å². The van der Waals surface area contributed by atoms with Gasteiger partial charge in [-0.15, -0.1) is 11.3 Å². The van der Waals surface area contributed by atoms with E-state index in [0.717, 1.165) is 17.0 Å². The van der Waals surface area contributed by atoms with Gasteiger partial charge in [0.2, 0.25) is 5.01 Å². The van der Waals surface area contributed by atoms with Gasteiger partial charge >= 0.3 is 5.97 Å². The second kappa shape index (κ2) is 4.37. The summed E-state index contributed by atoms with van der Waals surface area (Å²) in [6.07, 6.45) is 0.842. The van der Waals surface area contributed by atoms with Gasteiger partial charge in [-0.2, -0.15) is 0 Å². The maximum absolute atomic E-state index is 11.3. The first kappa shape index (κ1) is 10.2. The van der Waals surface area contributed by atoms with Crippen molar-refractivity contribution in [3.05, 3.63) is 15.6 Å². The van der Waals surface area contributed by atoms with E-state index in [4.69, 9.17) is 4.74 Å². The molecule has 0 aliphatic carbocycles. The van der Waals surface area contributed by atoms with Crippen LogP contribution in [0, 0.1) is 13.8 Å². The largest absolute Gasteiger partial charge is 0.460 e. The lowest BCUT2D eigenvalue weighted by Crippen LogP contribution is -2.05. The van der Waals surface area contributed by atoms with E-state index in [1.165, 1.54) is 11.3 Å². The summed E-state index contributed by atoms with van der Waals surface area (Å²) in [5.74, 6) is -0.303. The molecule has 1 heterocycles. The molecule has 1 rings (SSSR count). The maximum atomic E-state index is 11.3. The highest BCUT2D eigenvalue weighted by atomic mass is 32.1. The molecule has 0 aliphatic rings. The summed E-state index contributed by atoms with van der Waals surface area (Å²) < 4.78 is 4.95. The third-order valence-electron chi connectivity index (χ3n) is 1.64. The first-order valence-corrected chi connectivity index (χ1v) is 5.08. The number of aromatic nitrogens is 1. The number of hydrogen-bond acceptors (Lipinski definition) is 4. The summed E-state index contributed by atoms with van der Waals surface area (Å²) in [6.45, 7) is 6.27. The van der Waals surface area contributed by atoms with Gasteiger partial charge in [-0.1, -0.05) is 6.92 Å². The van der Waals surface area contributed by atoms with Gasteiger partial charge < -0.3 is 4.74 Å². The van der Waals surface area contributed by atoms with Crippen LogP contribution < -0.4 is 0 Å². The lowest BCUT2D eigenvalue weighted by molar-refractivity contribution is 0.0504. The van der Waals surface area contributed by atoms with Crippen molar-refractivity contribution in [2.45, 2.75) is 27.2 Å². The van der Waals surface area contributed by atoms with E-state index in [1.807, 2.05) is 20.8 Å². The van der Waals surface area contributed by atoms with Gasteiger partial charge in [-0.25, -0.2) is 9.78 Å². The minimum Gasteiger partial charge on any atom is -0.460 e. The molecule has 1 aromatic heterocycles. The molecule has 0 atom stereocenters. The van der Waals surface area contributed by atoms with E-state index in [-0.39, 0.29) is 5.97 Å². The first-order chi connectivity index (χ1) is 6.15. The highest BCUT2D eigenvalue weighted by molar-refractivity contribution is 7.13. The fourth-order valence-corrected chi connectivity index (χ4v) is 1.62. The van der Waals surface area contributed by atoms with Crippen LogP contribution in [0.4, 0.5) is 0 Å². The van der Waals surface area contributed by atoms with Gasteiger partial charge in [-0.3, -0.25) is 0 Å². The molecule has 0 saturated heterocycles. The Bertz CT molecular complexity index is 287. The van der Waals surface area contributed by atoms with Crippen LogP contribution in [0.5, 0.6) is 0 Å². The summed E-state index contributed by atoms with van der Waals surface area (Å²) >= 11 is 1.39. The molecule has 0 spiro atoms. The summed E-state index contributed by atoms with van der Waals surface area (Å²) in [6, 6.07) is 0. The average Bonchev–Trinajstić information content (AvgIpc) is 2.43. The number of aryl methyl sites for hydroxylation is 2. The molecule has 0 saturated carbocycles. The molecule has 13 heavy (non-hydrogen) atoms. The Morgan fingerprint density at radius 3 is 2.69 bits per heavy atom. The van der Waals surface area contributed by atoms with E-state index < -0.39 is 0 Å². The Labute approximate surface area is 81.8 Å². The zero-order valence-corrected chi connectivity index (χ0v) is 8.90. The van der Waals surface area contributed by atoms with E-state index in [2.05, 4.69) is 4.98 Å². The SMILES string of the molecule is CCCOC(=O)c1nc(C)c(C)s1. The summed E-state index contributed by atoms with van der Waals surface area (Å²) in [5.41, 5.74) is 0.911. The van der Waals surface area contributed by atoms with E-state index >= 15 is 0 Å². The minimum atomic E-state index is -0.303. The summed E-state index contributed by atoms with van der Waals surface area (Å²) in [7, 11) is 0. The number of thiazole rings is 1. The van der Waals surface area contributed by atoms with Crippen molar-refractivity contribution in [3.8, 4) is 0 Å². The van der Waals surface area contributed by atoms with Crippen LogP contribution in [0.2, 0.25) is 0 Å². The molecular weight excluding hydrogens is 186 g/mol. The highest BCUT2D eigenvalue weighted by Crippen LogP contribution is 2.17. The van der Waals surface area contributed by atoms with Crippen molar-refractivity contribution in [1.82, 2.24) is 4.98 Å². The molecule has 0 amide bonds. The Morgan fingerprint density at radius 2 is 2.23 bits per heavy atom. The average molecular weight is 199 g/mol. The minimum absolute atomic E-state index is 0.303. The molecule has 0 unspecified atom stereocenters. The Hall–Kier alpha value is -0.900. The lowest BCUT2D eigenvalue weighted by Gasteiger charge is -1.97. The van der Waals surface area contributed by atoms with E-state index in [9.17, 15) is 4.79 Å². The topological polar surface area (TPSA) is 39.2 Å². The predicted octanol–water partition coefficient (Wildman–Crippen LogP) is 2.33. The molecular formula is C9H13NO2S. The van der Waals surface area contributed by atoms with Crippen molar-refractivity contribution in [2.75, 3.05) is 6.61 Å². The fourth-order valence-electron chi connectivity index (χ4n) is 0.817. The second-order valence-electron chi connectivity index (χ2n) is 2.80. The molecule has 1 aromatic rings.